The molecular weight excluding hydrogens is 793 g/mol. The summed E-state index contributed by atoms with van der Waals surface area (Å²) in [5.41, 5.74) is 8.35. The second-order valence-corrected chi connectivity index (χ2v) is 20.3. The van der Waals surface area contributed by atoms with Crippen molar-refractivity contribution in [3.8, 4) is 22.5 Å². The Kier molecular flexibility index (Phi) is 7.34. The highest BCUT2D eigenvalue weighted by Crippen LogP contribution is 2.45. The van der Waals surface area contributed by atoms with Crippen molar-refractivity contribution in [2.24, 2.45) is 0 Å². The Bertz CT molecular complexity index is 4030. The molecule has 0 unspecified atom stereocenters. The number of nitrogens with zero attached hydrogens (tertiary/aromatic N) is 2. The van der Waals surface area contributed by atoms with Crippen LogP contribution < -0.4 is 20.7 Å². The average molecular weight is 837 g/mol. The third kappa shape index (κ3) is 5.33. The Balaban J connectivity index is 1.16. The van der Waals surface area contributed by atoms with E-state index >= 15 is 0 Å². The van der Waals surface area contributed by atoms with E-state index in [1.807, 2.05) is 30.3 Å². The molecule has 64 heavy (non-hydrogen) atoms. The van der Waals surface area contributed by atoms with E-state index < -0.39 is 8.07 Å². The van der Waals surface area contributed by atoms with E-state index in [0.29, 0.717) is 22.1 Å². The Morgan fingerprint density at radius 1 is 0.375 bits per heavy atom. The van der Waals surface area contributed by atoms with Gasteiger partial charge in [0.05, 0.1) is 38.6 Å². The predicted octanol–water partition coefficient (Wildman–Crippen LogP) is 12.8. The molecule has 3 nitrogen and oxygen atoms in total. The molecule has 0 radical (unpaired) electrons. The lowest BCUT2D eigenvalue weighted by atomic mass is 10.1. The fraction of sp³-hybridized carbons (Fsp3) is 0. The van der Waals surface area contributed by atoms with E-state index in [-0.39, 0.29) is 24.2 Å². The molecule has 0 atom stereocenters. The lowest BCUT2D eigenvalue weighted by Crippen LogP contribution is -2.74. The van der Waals surface area contributed by atoms with Crippen LogP contribution in [0.3, 0.4) is 0 Å². The summed E-state index contributed by atoms with van der Waals surface area (Å²) in [4.78, 5) is 0. The highest BCUT2D eigenvalue weighted by Gasteiger charge is 2.41. The molecule has 300 valence electrons. The van der Waals surface area contributed by atoms with Crippen LogP contribution in [0, 0.1) is 0 Å². The van der Waals surface area contributed by atoms with Gasteiger partial charge in [-0.1, -0.05) is 200 Å². The van der Waals surface area contributed by atoms with Gasteiger partial charge in [-0.25, -0.2) is 0 Å². The summed E-state index contributed by atoms with van der Waals surface area (Å²) >= 11 is 0. The molecule has 3 aromatic heterocycles. The van der Waals surface area contributed by atoms with E-state index in [0.717, 1.165) is 66.0 Å². The molecule has 0 aliphatic heterocycles. The molecular formula is C60H40N2OSi. The van der Waals surface area contributed by atoms with Gasteiger partial charge >= 0.3 is 0 Å². The number of fused-ring (bicyclic) bond motifs is 10. The topological polar surface area (TPSA) is 23.0 Å². The zero-order chi connectivity index (χ0) is 45.7. The number of hydrogen-bond acceptors (Lipinski definition) is 1. The van der Waals surface area contributed by atoms with Gasteiger partial charge in [0, 0.05) is 38.7 Å². The van der Waals surface area contributed by atoms with E-state index in [9.17, 15) is 2.74 Å². The molecule has 0 spiro atoms. The van der Waals surface area contributed by atoms with E-state index in [2.05, 4.69) is 197 Å². The van der Waals surface area contributed by atoms with Crippen LogP contribution in [-0.2, 0) is 0 Å². The van der Waals surface area contributed by atoms with Gasteiger partial charge in [0.2, 0.25) is 0 Å². The maximum absolute atomic E-state index is 9.72. The molecule has 0 aliphatic rings. The molecule has 4 heteroatoms. The lowest BCUT2D eigenvalue weighted by Gasteiger charge is -2.35. The first-order valence-corrected chi connectivity index (χ1v) is 23.7. The van der Waals surface area contributed by atoms with Gasteiger partial charge in [-0.3, -0.25) is 0 Å². The number of benzene rings is 10. The third-order valence-electron chi connectivity index (χ3n) is 13.2. The molecule has 0 fully saturated rings. The van der Waals surface area contributed by atoms with E-state index in [1.54, 1.807) is 0 Å². The zero-order valence-corrected chi connectivity index (χ0v) is 35.6. The summed E-state index contributed by atoms with van der Waals surface area (Å²) < 4.78 is 48.8. The first-order chi connectivity index (χ1) is 33.4. The summed E-state index contributed by atoms with van der Waals surface area (Å²) in [7, 11) is -3.03. The first kappa shape index (κ1) is 32.5. The van der Waals surface area contributed by atoms with Crippen LogP contribution in [-0.4, -0.2) is 17.2 Å². The second kappa shape index (κ2) is 14.5. The van der Waals surface area contributed by atoms with Crippen molar-refractivity contribution in [3.63, 3.8) is 0 Å². The third-order valence-corrected chi connectivity index (χ3v) is 18.0. The molecule has 0 N–H and O–H groups in total. The number of furan rings is 1. The van der Waals surface area contributed by atoms with Crippen molar-refractivity contribution in [1.82, 2.24) is 9.13 Å². The number of para-hydroxylation sites is 4. The first-order valence-electron chi connectivity index (χ1n) is 23.7. The van der Waals surface area contributed by atoms with Gasteiger partial charge in [0.1, 0.15) is 11.2 Å². The fourth-order valence-corrected chi connectivity index (χ4v) is 15.3. The molecule has 0 saturated carbocycles. The number of aromatic nitrogens is 2. The minimum atomic E-state index is -3.03. The highest BCUT2D eigenvalue weighted by atomic mass is 28.3. The quantitative estimate of drug-likeness (QED) is 0.116. The van der Waals surface area contributed by atoms with Gasteiger partial charge in [-0.2, -0.15) is 0 Å². The van der Waals surface area contributed by atoms with Gasteiger partial charge < -0.3 is 13.6 Å². The maximum atomic E-state index is 9.72. The summed E-state index contributed by atoms with van der Waals surface area (Å²) in [6.45, 7) is 0. The summed E-state index contributed by atoms with van der Waals surface area (Å²) in [5, 5.41) is 10.00. The average Bonchev–Trinajstić information content (AvgIpc) is 4.07. The number of rotatable bonds is 7. The zero-order valence-electron chi connectivity index (χ0n) is 38.6. The molecule has 0 aliphatic carbocycles. The van der Waals surface area contributed by atoms with Crippen molar-refractivity contribution < 1.29 is 9.90 Å². The predicted molar refractivity (Wildman–Crippen MR) is 271 cm³/mol. The Morgan fingerprint density at radius 3 is 1.61 bits per heavy atom. The minimum Gasteiger partial charge on any atom is -0.456 e. The van der Waals surface area contributed by atoms with Crippen molar-refractivity contribution in [3.05, 3.63) is 243 Å². The monoisotopic (exact) mass is 836 g/mol. The van der Waals surface area contributed by atoms with Gasteiger partial charge in [-0.15, -0.1) is 0 Å². The Labute approximate surface area is 376 Å². The van der Waals surface area contributed by atoms with Crippen LogP contribution in [0.2, 0.25) is 0 Å². The summed E-state index contributed by atoms with van der Waals surface area (Å²) in [6.07, 6.45) is 0. The Hall–Kier alpha value is -8.18. The van der Waals surface area contributed by atoms with E-state index in [4.69, 9.17) is 7.16 Å². The maximum Gasteiger partial charge on any atom is 0.179 e. The van der Waals surface area contributed by atoms with Gasteiger partial charge in [-0.05, 0) is 68.2 Å². The minimum absolute atomic E-state index is 0.0894. The molecule has 3 heterocycles. The second-order valence-electron chi connectivity index (χ2n) is 16.5. The fourth-order valence-electron chi connectivity index (χ4n) is 10.5. The van der Waals surface area contributed by atoms with Crippen LogP contribution in [0.1, 0.15) is 5.48 Å². The van der Waals surface area contributed by atoms with Crippen LogP contribution in [0.15, 0.2) is 247 Å². The van der Waals surface area contributed by atoms with Crippen LogP contribution >= 0.6 is 0 Å². The van der Waals surface area contributed by atoms with Crippen LogP contribution in [0.4, 0.5) is 0 Å². The normalized spacial score (nSPS) is 12.9. The molecule has 0 bridgehead atoms. The van der Waals surface area contributed by atoms with Crippen molar-refractivity contribution in [2.45, 2.75) is 0 Å². The molecule has 13 rings (SSSR count). The van der Waals surface area contributed by atoms with Crippen LogP contribution in [0.5, 0.6) is 0 Å². The van der Waals surface area contributed by atoms with Crippen LogP contribution in [0.25, 0.3) is 88.1 Å². The molecule has 0 amide bonds. The summed E-state index contributed by atoms with van der Waals surface area (Å²) in [6, 6.07) is 76.1. The summed E-state index contributed by atoms with van der Waals surface area (Å²) in [5.74, 6) is 0. The lowest BCUT2D eigenvalue weighted by molar-refractivity contribution is 0.669. The molecule has 0 saturated heterocycles. The molecule has 13 aromatic rings. The van der Waals surface area contributed by atoms with Gasteiger partial charge in [0.25, 0.3) is 0 Å². The van der Waals surface area contributed by atoms with Crippen molar-refractivity contribution >= 4 is 94.4 Å². The molecule has 10 aromatic carbocycles. The van der Waals surface area contributed by atoms with Gasteiger partial charge in [0.15, 0.2) is 8.07 Å². The number of hydrogen-bond donors (Lipinski definition) is 0. The SMILES string of the molecule is [2H]c1c([2H])c([2H])c2c(c1[2H])c1c(-n3c4ccccc4c4ccccc43)cc3oc4ccccc4c3c1n2-c1ccc([Si](c2ccccc2)(c2ccccc2)c2cccc(-c3ccccc3)c2)cc1. The standard InChI is InChI=1S/C60H40N2OSi/c1-4-19-41(20-5-1)42-21-18-26-47(39-42)64(44-22-6-2-7-23-44,45-24-8-3-9-25-45)46-37-35-43(36-38-46)61-54-33-16-12-29-50(54)58-55(40-57-59(60(58)61)51-30-13-17-34-56(51)63-57)62-52-31-14-10-27-48(52)49-28-11-15-32-53(49)62/h1-40H/i12D,16D,29D,33D. The van der Waals surface area contributed by atoms with E-state index in [1.165, 1.54) is 20.7 Å². The van der Waals surface area contributed by atoms with Crippen molar-refractivity contribution in [2.75, 3.05) is 0 Å². The Morgan fingerprint density at radius 2 is 0.922 bits per heavy atom. The smallest absolute Gasteiger partial charge is 0.179 e. The van der Waals surface area contributed by atoms with Crippen molar-refractivity contribution in [1.29, 1.82) is 0 Å². The highest BCUT2D eigenvalue weighted by molar-refractivity contribution is 7.19. The largest absolute Gasteiger partial charge is 0.456 e.